The number of aromatic nitrogens is 1. The minimum Gasteiger partial charge on any atom is -0.379 e. The predicted molar refractivity (Wildman–Crippen MR) is 123 cm³/mol. The van der Waals surface area contributed by atoms with E-state index in [1.165, 1.54) is 10.6 Å². The van der Waals surface area contributed by atoms with Crippen molar-refractivity contribution in [2.24, 2.45) is 0 Å². The number of nitrogens with zero attached hydrogens (tertiary/aromatic N) is 4. The van der Waals surface area contributed by atoms with Gasteiger partial charge in [-0.05, 0) is 54.3 Å². The summed E-state index contributed by atoms with van der Waals surface area (Å²) < 4.78 is 30.8. The molecule has 2 aliphatic heterocycles. The van der Waals surface area contributed by atoms with Crippen LogP contribution in [0.2, 0.25) is 0 Å². The normalized spacial score (nSPS) is 16.7. The molecule has 0 unspecified atom stereocenters. The zero-order valence-corrected chi connectivity index (χ0v) is 19.3. The molecule has 0 radical (unpaired) electrons. The largest absolute Gasteiger partial charge is 0.379 e. The molecule has 4 rings (SSSR count). The molecular formula is C23H30N4O4S. The van der Waals surface area contributed by atoms with Crippen molar-refractivity contribution in [1.82, 2.24) is 14.8 Å². The van der Waals surface area contributed by atoms with Crippen molar-refractivity contribution >= 4 is 21.6 Å². The summed E-state index contributed by atoms with van der Waals surface area (Å²) in [6, 6.07) is 9.20. The van der Waals surface area contributed by atoms with Crippen LogP contribution in [0.5, 0.6) is 0 Å². The topological polar surface area (TPSA) is 83.1 Å². The molecule has 1 fully saturated rings. The lowest BCUT2D eigenvalue weighted by Crippen LogP contribution is -2.39. The zero-order chi connectivity index (χ0) is 22.6. The van der Waals surface area contributed by atoms with Gasteiger partial charge in [0.05, 0.1) is 25.2 Å². The average molecular weight is 459 g/mol. The standard InChI is InChI=1S/C23H30N4O4S/c1-32(29,30)27-12-7-20-17-21(3-4-22(20)27)23(28)26(18-19-5-8-24-9-6-19)11-2-10-25-13-15-31-16-14-25/h3-6,8-9,17H,2,7,10-16,18H2,1H3. The van der Waals surface area contributed by atoms with Crippen LogP contribution in [0.25, 0.3) is 0 Å². The van der Waals surface area contributed by atoms with Gasteiger partial charge in [-0.25, -0.2) is 8.42 Å². The van der Waals surface area contributed by atoms with Crippen LogP contribution in [0.1, 0.15) is 27.9 Å². The molecule has 9 heteroatoms. The second-order valence-electron chi connectivity index (χ2n) is 8.32. The number of anilines is 1. The van der Waals surface area contributed by atoms with Gasteiger partial charge in [-0.15, -0.1) is 0 Å². The van der Waals surface area contributed by atoms with Crippen molar-refractivity contribution < 1.29 is 17.9 Å². The van der Waals surface area contributed by atoms with Gasteiger partial charge in [0.25, 0.3) is 5.91 Å². The quantitative estimate of drug-likeness (QED) is 0.600. The van der Waals surface area contributed by atoms with E-state index >= 15 is 0 Å². The Bertz CT molecular complexity index is 1040. The molecule has 0 atom stereocenters. The molecule has 32 heavy (non-hydrogen) atoms. The summed E-state index contributed by atoms with van der Waals surface area (Å²) in [4.78, 5) is 21.8. The van der Waals surface area contributed by atoms with Crippen LogP contribution in [-0.4, -0.2) is 81.3 Å². The fraction of sp³-hybridized carbons (Fsp3) is 0.478. The summed E-state index contributed by atoms with van der Waals surface area (Å²) in [6.07, 6.45) is 6.18. The van der Waals surface area contributed by atoms with E-state index in [9.17, 15) is 13.2 Å². The summed E-state index contributed by atoms with van der Waals surface area (Å²) in [5, 5.41) is 0. The smallest absolute Gasteiger partial charge is 0.254 e. The molecule has 8 nitrogen and oxygen atoms in total. The van der Waals surface area contributed by atoms with Crippen molar-refractivity contribution in [3.8, 4) is 0 Å². The number of sulfonamides is 1. The minimum absolute atomic E-state index is 0.0376. The Morgan fingerprint density at radius 2 is 1.88 bits per heavy atom. The number of amides is 1. The summed E-state index contributed by atoms with van der Waals surface area (Å²) >= 11 is 0. The highest BCUT2D eigenvalue weighted by Gasteiger charge is 2.27. The number of rotatable bonds is 8. The maximum atomic E-state index is 13.5. The van der Waals surface area contributed by atoms with E-state index in [2.05, 4.69) is 9.88 Å². The molecule has 172 valence electrons. The van der Waals surface area contributed by atoms with Crippen LogP contribution in [0, 0.1) is 0 Å². The number of pyridine rings is 1. The monoisotopic (exact) mass is 458 g/mol. The number of fused-ring (bicyclic) bond motifs is 1. The van der Waals surface area contributed by atoms with Crippen LogP contribution in [-0.2, 0) is 27.7 Å². The summed E-state index contributed by atoms with van der Waals surface area (Å²) in [5.74, 6) is -0.0376. The zero-order valence-electron chi connectivity index (χ0n) is 18.4. The van der Waals surface area contributed by atoms with Gasteiger partial charge in [-0.3, -0.25) is 19.0 Å². The lowest BCUT2D eigenvalue weighted by atomic mass is 10.1. The number of carbonyl (C=O) groups is 1. The molecule has 1 aromatic heterocycles. The highest BCUT2D eigenvalue weighted by atomic mass is 32.2. The van der Waals surface area contributed by atoms with Crippen molar-refractivity contribution in [2.75, 3.05) is 56.5 Å². The van der Waals surface area contributed by atoms with Crippen LogP contribution in [0.15, 0.2) is 42.7 Å². The van der Waals surface area contributed by atoms with Crippen LogP contribution in [0.4, 0.5) is 5.69 Å². The lowest BCUT2D eigenvalue weighted by Gasteiger charge is -2.28. The van der Waals surface area contributed by atoms with E-state index in [1.807, 2.05) is 23.1 Å². The Kier molecular flexibility index (Phi) is 7.07. The van der Waals surface area contributed by atoms with Crippen LogP contribution >= 0.6 is 0 Å². The number of hydrogen-bond donors (Lipinski definition) is 0. The highest BCUT2D eigenvalue weighted by Crippen LogP contribution is 2.31. The van der Waals surface area contributed by atoms with E-state index in [0.29, 0.717) is 37.3 Å². The second kappa shape index (κ2) is 9.97. The predicted octanol–water partition coefficient (Wildman–Crippen LogP) is 1.77. The molecule has 1 saturated heterocycles. The summed E-state index contributed by atoms with van der Waals surface area (Å²) in [6.45, 7) is 5.89. The first-order chi connectivity index (χ1) is 15.4. The van der Waals surface area contributed by atoms with Crippen LogP contribution < -0.4 is 4.31 Å². The molecule has 0 bridgehead atoms. The average Bonchev–Trinajstić information content (AvgIpc) is 3.23. The van der Waals surface area contributed by atoms with Gasteiger partial charge in [0.15, 0.2) is 0 Å². The second-order valence-corrected chi connectivity index (χ2v) is 10.2. The van der Waals surface area contributed by atoms with Gasteiger partial charge in [0.1, 0.15) is 0 Å². The Morgan fingerprint density at radius 1 is 1.12 bits per heavy atom. The number of benzene rings is 1. The molecule has 0 aliphatic carbocycles. The van der Waals surface area contributed by atoms with Crippen LogP contribution in [0.3, 0.4) is 0 Å². The first-order valence-corrected chi connectivity index (χ1v) is 12.9. The number of morpholine rings is 1. The molecule has 0 saturated carbocycles. The fourth-order valence-corrected chi connectivity index (χ4v) is 5.26. The number of hydrogen-bond acceptors (Lipinski definition) is 6. The van der Waals surface area contributed by atoms with Gasteiger partial charge in [0, 0.05) is 57.2 Å². The highest BCUT2D eigenvalue weighted by molar-refractivity contribution is 7.92. The van der Waals surface area contributed by atoms with E-state index in [0.717, 1.165) is 50.4 Å². The van der Waals surface area contributed by atoms with Gasteiger partial charge in [0.2, 0.25) is 10.0 Å². The number of ether oxygens (including phenoxy) is 1. The summed E-state index contributed by atoms with van der Waals surface area (Å²) in [5.41, 5.74) is 3.21. The Hall–Kier alpha value is -2.49. The molecule has 3 heterocycles. The maximum Gasteiger partial charge on any atom is 0.254 e. The SMILES string of the molecule is CS(=O)(=O)N1CCc2cc(C(=O)N(CCCN3CCOCC3)Cc3ccncc3)ccc21. The van der Waals surface area contributed by atoms with Crippen molar-refractivity contribution in [3.63, 3.8) is 0 Å². The van der Waals surface area contributed by atoms with Gasteiger partial charge in [-0.1, -0.05) is 0 Å². The molecular weight excluding hydrogens is 428 g/mol. The third kappa shape index (κ3) is 5.46. The lowest BCUT2D eigenvalue weighted by molar-refractivity contribution is 0.0355. The summed E-state index contributed by atoms with van der Waals surface area (Å²) in [7, 11) is -3.31. The molecule has 1 aromatic carbocycles. The molecule has 0 N–H and O–H groups in total. The minimum atomic E-state index is -3.31. The first kappa shape index (κ1) is 22.7. The van der Waals surface area contributed by atoms with E-state index in [4.69, 9.17) is 4.74 Å². The third-order valence-corrected chi connectivity index (χ3v) is 7.18. The Balaban J connectivity index is 1.49. The first-order valence-electron chi connectivity index (χ1n) is 11.0. The molecule has 2 aliphatic rings. The third-order valence-electron chi connectivity index (χ3n) is 6.00. The molecule has 0 spiro atoms. The van der Waals surface area contributed by atoms with Crippen molar-refractivity contribution in [3.05, 3.63) is 59.4 Å². The van der Waals surface area contributed by atoms with Gasteiger partial charge in [-0.2, -0.15) is 0 Å². The Labute approximate surface area is 189 Å². The van der Waals surface area contributed by atoms with Gasteiger partial charge < -0.3 is 9.64 Å². The van der Waals surface area contributed by atoms with Crippen molar-refractivity contribution in [2.45, 2.75) is 19.4 Å². The molecule has 1 amide bonds. The maximum absolute atomic E-state index is 13.5. The van der Waals surface area contributed by atoms with E-state index < -0.39 is 10.0 Å². The van der Waals surface area contributed by atoms with E-state index in [-0.39, 0.29) is 5.91 Å². The fourth-order valence-electron chi connectivity index (χ4n) is 4.30. The van der Waals surface area contributed by atoms with Gasteiger partial charge >= 0.3 is 0 Å². The van der Waals surface area contributed by atoms with Crippen molar-refractivity contribution in [1.29, 1.82) is 0 Å². The molecule has 2 aromatic rings. The Morgan fingerprint density at radius 3 is 2.59 bits per heavy atom. The van der Waals surface area contributed by atoms with E-state index in [1.54, 1.807) is 24.5 Å². The number of carbonyl (C=O) groups excluding carboxylic acids is 1.